The normalized spacial score (nSPS) is 13.6. The van der Waals surface area contributed by atoms with Gasteiger partial charge in [-0.15, -0.1) is 0 Å². The summed E-state index contributed by atoms with van der Waals surface area (Å²) < 4.78 is 0. The SMILES string of the molecule is O=C(NCc1ccncc1)c1ccc2c(c1)CNCC2. The van der Waals surface area contributed by atoms with Gasteiger partial charge in [0.1, 0.15) is 0 Å². The van der Waals surface area contributed by atoms with Crippen LogP contribution in [0.4, 0.5) is 0 Å². The summed E-state index contributed by atoms with van der Waals surface area (Å²) in [5, 5.41) is 6.26. The van der Waals surface area contributed by atoms with Crippen LogP contribution < -0.4 is 10.6 Å². The van der Waals surface area contributed by atoms with Gasteiger partial charge in [0, 0.05) is 31.0 Å². The van der Waals surface area contributed by atoms with Crippen molar-refractivity contribution in [1.29, 1.82) is 0 Å². The Morgan fingerprint density at radius 1 is 1.20 bits per heavy atom. The van der Waals surface area contributed by atoms with E-state index < -0.39 is 0 Å². The minimum absolute atomic E-state index is 0.0322. The van der Waals surface area contributed by atoms with Crippen molar-refractivity contribution in [2.75, 3.05) is 6.54 Å². The monoisotopic (exact) mass is 267 g/mol. The van der Waals surface area contributed by atoms with E-state index in [1.54, 1.807) is 12.4 Å². The van der Waals surface area contributed by atoms with Gasteiger partial charge >= 0.3 is 0 Å². The van der Waals surface area contributed by atoms with Crippen molar-refractivity contribution in [3.8, 4) is 0 Å². The van der Waals surface area contributed by atoms with E-state index in [2.05, 4.69) is 21.7 Å². The molecule has 102 valence electrons. The summed E-state index contributed by atoms with van der Waals surface area (Å²) in [5.74, 6) is -0.0322. The molecule has 0 saturated carbocycles. The molecule has 1 amide bonds. The highest BCUT2D eigenvalue weighted by Crippen LogP contribution is 2.15. The predicted molar refractivity (Wildman–Crippen MR) is 77.3 cm³/mol. The Morgan fingerprint density at radius 3 is 2.90 bits per heavy atom. The second-order valence-electron chi connectivity index (χ2n) is 4.95. The second kappa shape index (κ2) is 5.84. The van der Waals surface area contributed by atoms with Crippen molar-refractivity contribution >= 4 is 5.91 Å². The number of carbonyl (C=O) groups excluding carboxylic acids is 1. The molecule has 4 heteroatoms. The van der Waals surface area contributed by atoms with Crippen LogP contribution in [0.3, 0.4) is 0 Å². The molecular formula is C16H17N3O. The number of carbonyl (C=O) groups is 1. The fourth-order valence-electron chi connectivity index (χ4n) is 2.41. The summed E-state index contributed by atoms with van der Waals surface area (Å²) in [6.45, 7) is 2.39. The molecule has 0 radical (unpaired) electrons. The van der Waals surface area contributed by atoms with Crippen LogP contribution in [-0.2, 0) is 19.5 Å². The lowest BCUT2D eigenvalue weighted by Gasteiger charge is -2.17. The summed E-state index contributed by atoms with van der Waals surface area (Å²) in [7, 11) is 0. The fraction of sp³-hybridized carbons (Fsp3) is 0.250. The number of pyridine rings is 1. The van der Waals surface area contributed by atoms with Gasteiger partial charge < -0.3 is 10.6 Å². The fourth-order valence-corrected chi connectivity index (χ4v) is 2.41. The molecule has 1 aliphatic rings. The first-order valence-corrected chi connectivity index (χ1v) is 6.82. The second-order valence-corrected chi connectivity index (χ2v) is 4.95. The molecule has 0 fully saturated rings. The minimum Gasteiger partial charge on any atom is -0.348 e. The molecule has 3 rings (SSSR count). The first kappa shape index (κ1) is 12.8. The molecule has 2 N–H and O–H groups in total. The van der Waals surface area contributed by atoms with Crippen LogP contribution in [0, 0.1) is 0 Å². The third kappa shape index (κ3) is 2.86. The predicted octanol–water partition coefficient (Wildman–Crippen LogP) is 1.66. The number of aromatic nitrogens is 1. The molecule has 0 bridgehead atoms. The highest BCUT2D eigenvalue weighted by molar-refractivity contribution is 5.94. The van der Waals surface area contributed by atoms with E-state index >= 15 is 0 Å². The van der Waals surface area contributed by atoms with E-state index in [1.165, 1.54) is 11.1 Å². The summed E-state index contributed by atoms with van der Waals surface area (Å²) in [4.78, 5) is 16.1. The number of hydrogen-bond acceptors (Lipinski definition) is 3. The van der Waals surface area contributed by atoms with E-state index in [0.29, 0.717) is 6.54 Å². The van der Waals surface area contributed by atoms with Gasteiger partial charge in [-0.2, -0.15) is 0 Å². The van der Waals surface area contributed by atoms with Crippen LogP contribution in [0.15, 0.2) is 42.7 Å². The maximum Gasteiger partial charge on any atom is 0.251 e. The van der Waals surface area contributed by atoms with E-state index in [4.69, 9.17) is 0 Å². The molecule has 20 heavy (non-hydrogen) atoms. The quantitative estimate of drug-likeness (QED) is 0.889. The molecule has 0 saturated heterocycles. The van der Waals surface area contributed by atoms with Gasteiger partial charge in [-0.3, -0.25) is 9.78 Å². The van der Waals surface area contributed by atoms with E-state index in [9.17, 15) is 4.79 Å². The van der Waals surface area contributed by atoms with Crippen molar-refractivity contribution in [1.82, 2.24) is 15.6 Å². The lowest BCUT2D eigenvalue weighted by Crippen LogP contribution is -2.26. The Bertz CT molecular complexity index is 610. The Hall–Kier alpha value is -2.20. The van der Waals surface area contributed by atoms with E-state index in [0.717, 1.165) is 30.6 Å². The van der Waals surface area contributed by atoms with Crippen molar-refractivity contribution < 1.29 is 4.79 Å². The molecule has 4 nitrogen and oxygen atoms in total. The van der Waals surface area contributed by atoms with Gasteiger partial charge in [0.25, 0.3) is 5.91 Å². The third-order valence-corrected chi connectivity index (χ3v) is 3.56. The molecule has 1 aromatic carbocycles. The largest absolute Gasteiger partial charge is 0.348 e. The topological polar surface area (TPSA) is 54.0 Å². The number of nitrogens with zero attached hydrogens (tertiary/aromatic N) is 1. The third-order valence-electron chi connectivity index (χ3n) is 3.56. The van der Waals surface area contributed by atoms with Gasteiger partial charge in [-0.05, 0) is 53.9 Å². The highest BCUT2D eigenvalue weighted by atomic mass is 16.1. The molecule has 1 aromatic heterocycles. The average molecular weight is 267 g/mol. The lowest BCUT2D eigenvalue weighted by atomic mass is 9.98. The molecular weight excluding hydrogens is 250 g/mol. The smallest absolute Gasteiger partial charge is 0.251 e. The number of nitrogens with one attached hydrogen (secondary N) is 2. The molecule has 2 aromatic rings. The van der Waals surface area contributed by atoms with Crippen LogP contribution in [0.1, 0.15) is 27.0 Å². The number of hydrogen-bond donors (Lipinski definition) is 2. The molecule has 1 aliphatic heterocycles. The number of fused-ring (bicyclic) bond motifs is 1. The van der Waals surface area contributed by atoms with Crippen LogP contribution in [-0.4, -0.2) is 17.4 Å². The average Bonchev–Trinajstić information content (AvgIpc) is 2.53. The first-order valence-electron chi connectivity index (χ1n) is 6.82. The Morgan fingerprint density at radius 2 is 2.05 bits per heavy atom. The van der Waals surface area contributed by atoms with Crippen molar-refractivity contribution in [3.63, 3.8) is 0 Å². The van der Waals surface area contributed by atoms with Crippen molar-refractivity contribution in [3.05, 3.63) is 65.0 Å². The van der Waals surface area contributed by atoms with Crippen LogP contribution in [0.2, 0.25) is 0 Å². The zero-order valence-corrected chi connectivity index (χ0v) is 11.2. The highest BCUT2D eigenvalue weighted by Gasteiger charge is 2.12. The lowest BCUT2D eigenvalue weighted by molar-refractivity contribution is 0.0951. The van der Waals surface area contributed by atoms with E-state index in [-0.39, 0.29) is 5.91 Å². The van der Waals surface area contributed by atoms with Crippen LogP contribution in [0.5, 0.6) is 0 Å². The number of amides is 1. The van der Waals surface area contributed by atoms with Gasteiger partial charge in [-0.1, -0.05) is 6.07 Å². The Labute approximate surface area is 118 Å². The van der Waals surface area contributed by atoms with Crippen molar-refractivity contribution in [2.45, 2.75) is 19.5 Å². The molecule has 0 unspecified atom stereocenters. The first-order chi connectivity index (χ1) is 9.83. The van der Waals surface area contributed by atoms with Gasteiger partial charge in [-0.25, -0.2) is 0 Å². The van der Waals surface area contributed by atoms with Crippen LogP contribution in [0.25, 0.3) is 0 Å². The maximum absolute atomic E-state index is 12.2. The van der Waals surface area contributed by atoms with Gasteiger partial charge in [0.15, 0.2) is 0 Å². The number of rotatable bonds is 3. The van der Waals surface area contributed by atoms with Crippen LogP contribution >= 0.6 is 0 Å². The molecule has 0 aliphatic carbocycles. The van der Waals surface area contributed by atoms with Gasteiger partial charge in [0.05, 0.1) is 0 Å². The van der Waals surface area contributed by atoms with E-state index in [1.807, 2.05) is 24.3 Å². The molecule has 0 atom stereocenters. The summed E-state index contributed by atoms with van der Waals surface area (Å²) in [5.41, 5.74) is 4.34. The molecule has 0 spiro atoms. The molecule has 2 heterocycles. The summed E-state index contributed by atoms with van der Waals surface area (Å²) in [6, 6.07) is 9.76. The minimum atomic E-state index is -0.0322. The van der Waals surface area contributed by atoms with Gasteiger partial charge in [0.2, 0.25) is 0 Å². The number of benzene rings is 1. The zero-order chi connectivity index (χ0) is 13.8. The standard InChI is InChI=1S/C16H17N3O/c20-16(19-10-12-3-6-17-7-4-12)14-2-1-13-5-8-18-11-15(13)9-14/h1-4,6-7,9,18H,5,8,10-11H2,(H,19,20). The van der Waals surface area contributed by atoms with Crippen molar-refractivity contribution in [2.24, 2.45) is 0 Å². The Kier molecular flexibility index (Phi) is 3.74. The summed E-state index contributed by atoms with van der Waals surface area (Å²) in [6.07, 6.45) is 4.49. The summed E-state index contributed by atoms with van der Waals surface area (Å²) >= 11 is 0. The zero-order valence-electron chi connectivity index (χ0n) is 11.2. The maximum atomic E-state index is 12.2. The Balaban J connectivity index is 1.68.